The number of carbonyl (C=O) groups excluding carboxylic acids is 1. The number of nitrogens with one attached hydrogen (secondary N) is 1. The van der Waals surface area contributed by atoms with E-state index in [1.807, 2.05) is 26.8 Å². The van der Waals surface area contributed by atoms with Crippen molar-refractivity contribution in [1.29, 1.82) is 5.26 Å². The van der Waals surface area contributed by atoms with Crippen molar-refractivity contribution in [3.63, 3.8) is 0 Å². The van der Waals surface area contributed by atoms with E-state index < -0.39 is 17.0 Å². The van der Waals surface area contributed by atoms with Crippen LogP contribution in [-0.4, -0.2) is 46.4 Å². The lowest BCUT2D eigenvalue weighted by Crippen LogP contribution is -2.44. The quantitative estimate of drug-likeness (QED) is 0.383. The number of aromatic nitrogens is 2. The van der Waals surface area contributed by atoms with Crippen LogP contribution in [-0.2, 0) is 14.9 Å². The third-order valence-electron chi connectivity index (χ3n) is 5.41. The van der Waals surface area contributed by atoms with Gasteiger partial charge in [-0.1, -0.05) is 30.3 Å². The highest BCUT2D eigenvalue weighted by Crippen LogP contribution is 2.30. The zero-order chi connectivity index (χ0) is 26.3. The van der Waals surface area contributed by atoms with Crippen LogP contribution in [0.2, 0.25) is 0 Å². The fraction of sp³-hybridized carbons (Fsp3) is 0.333. The maximum Gasteiger partial charge on any atom is 0.318 e. The molecule has 0 spiro atoms. The van der Waals surface area contributed by atoms with Gasteiger partial charge in [-0.3, -0.25) is 4.79 Å². The fourth-order valence-electron chi connectivity index (χ4n) is 3.41. The number of benzene rings is 2. The standard InChI is InChI=1S/C27H31N5O4/c1-26(2,3)36-24(34)27(4,17-29)20-10-8-18(9-11-20)23-19(15-28)16-30-25(32-23)31-21-6-5-7-22(14-21)35-13-12-33/h5-11,14,16,33H,12-13,17,29H2,1-4H3,(H,30,31,32). The minimum Gasteiger partial charge on any atom is -0.491 e. The van der Waals surface area contributed by atoms with Gasteiger partial charge in [-0.15, -0.1) is 0 Å². The second-order valence-corrected chi connectivity index (χ2v) is 9.41. The Hall–Kier alpha value is -4.00. The summed E-state index contributed by atoms with van der Waals surface area (Å²) in [6.07, 6.45) is 1.45. The van der Waals surface area contributed by atoms with Crippen molar-refractivity contribution in [2.45, 2.75) is 38.7 Å². The van der Waals surface area contributed by atoms with Crippen LogP contribution >= 0.6 is 0 Å². The fourth-order valence-corrected chi connectivity index (χ4v) is 3.41. The molecule has 1 unspecified atom stereocenters. The highest BCUT2D eigenvalue weighted by atomic mass is 16.6. The molecule has 0 radical (unpaired) electrons. The topological polar surface area (TPSA) is 143 Å². The Bertz CT molecular complexity index is 1250. The molecule has 0 amide bonds. The van der Waals surface area contributed by atoms with Crippen LogP contribution in [0.25, 0.3) is 11.3 Å². The molecule has 0 saturated heterocycles. The first kappa shape index (κ1) is 26.6. The average Bonchev–Trinajstić information content (AvgIpc) is 2.86. The van der Waals surface area contributed by atoms with E-state index >= 15 is 0 Å². The van der Waals surface area contributed by atoms with Gasteiger partial charge in [0.25, 0.3) is 0 Å². The Morgan fingerprint density at radius 3 is 2.50 bits per heavy atom. The predicted octanol–water partition coefficient (Wildman–Crippen LogP) is 3.69. The summed E-state index contributed by atoms with van der Waals surface area (Å²) in [6, 6.07) is 16.5. The number of anilines is 2. The summed E-state index contributed by atoms with van der Waals surface area (Å²) in [5, 5.41) is 21.7. The van der Waals surface area contributed by atoms with Crippen molar-refractivity contribution in [2.24, 2.45) is 5.73 Å². The van der Waals surface area contributed by atoms with Crippen LogP contribution < -0.4 is 15.8 Å². The van der Waals surface area contributed by atoms with E-state index in [0.29, 0.717) is 39.8 Å². The predicted molar refractivity (Wildman–Crippen MR) is 137 cm³/mol. The summed E-state index contributed by atoms with van der Waals surface area (Å²) >= 11 is 0. The molecule has 0 fully saturated rings. The monoisotopic (exact) mass is 489 g/mol. The van der Waals surface area contributed by atoms with Crippen molar-refractivity contribution in [2.75, 3.05) is 25.1 Å². The number of nitrogens with zero attached hydrogens (tertiary/aromatic N) is 3. The number of esters is 1. The van der Waals surface area contributed by atoms with Crippen LogP contribution in [0.4, 0.5) is 11.6 Å². The minimum absolute atomic E-state index is 0.0767. The first-order chi connectivity index (χ1) is 17.1. The molecule has 1 atom stereocenters. The molecule has 3 aromatic rings. The van der Waals surface area contributed by atoms with E-state index in [9.17, 15) is 10.1 Å². The summed E-state index contributed by atoms with van der Waals surface area (Å²) in [6.45, 7) is 7.37. The number of hydrogen-bond acceptors (Lipinski definition) is 9. The molecule has 188 valence electrons. The lowest BCUT2D eigenvalue weighted by atomic mass is 9.82. The molecular weight excluding hydrogens is 458 g/mol. The molecule has 0 aliphatic carbocycles. The second-order valence-electron chi connectivity index (χ2n) is 9.41. The zero-order valence-corrected chi connectivity index (χ0v) is 20.9. The van der Waals surface area contributed by atoms with Gasteiger partial charge in [0.1, 0.15) is 29.4 Å². The summed E-state index contributed by atoms with van der Waals surface area (Å²) in [4.78, 5) is 21.7. The first-order valence-corrected chi connectivity index (χ1v) is 11.5. The number of rotatable bonds is 9. The highest BCUT2D eigenvalue weighted by molar-refractivity contribution is 5.84. The number of hydrogen-bond donors (Lipinski definition) is 3. The number of carbonyl (C=O) groups is 1. The third-order valence-corrected chi connectivity index (χ3v) is 5.41. The zero-order valence-electron chi connectivity index (χ0n) is 20.9. The summed E-state index contributed by atoms with van der Waals surface area (Å²) in [5.74, 6) is 0.487. The lowest BCUT2D eigenvalue weighted by molar-refractivity contribution is -0.161. The Balaban J connectivity index is 1.89. The Morgan fingerprint density at radius 1 is 1.17 bits per heavy atom. The number of aliphatic hydroxyl groups is 1. The van der Waals surface area contributed by atoms with Crippen molar-refractivity contribution in [3.8, 4) is 23.1 Å². The summed E-state index contributed by atoms with van der Waals surface area (Å²) in [5.41, 5.74) is 7.16. The Kier molecular flexibility index (Phi) is 8.25. The van der Waals surface area contributed by atoms with E-state index in [4.69, 9.17) is 20.3 Å². The molecule has 0 bridgehead atoms. The van der Waals surface area contributed by atoms with Gasteiger partial charge in [-0.05, 0) is 45.4 Å². The molecule has 1 aromatic heterocycles. The highest BCUT2D eigenvalue weighted by Gasteiger charge is 2.37. The van der Waals surface area contributed by atoms with Gasteiger partial charge >= 0.3 is 5.97 Å². The van der Waals surface area contributed by atoms with E-state index in [2.05, 4.69) is 21.4 Å². The van der Waals surface area contributed by atoms with E-state index in [1.54, 1.807) is 49.4 Å². The number of nitriles is 1. The molecule has 0 aliphatic heterocycles. The molecule has 3 rings (SSSR count). The van der Waals surface area contributed by atoms with Gasteiger partial charge in [-0.25, -0.2) is 9.97 Å². The molecule has 2 aromatic carbocycles. The van der Waals surface area contributed by atoms with Crippen molar-refractivity contribution in [3.05, 3.63) is 65.9 Å². The van der Waals surface area contributed by atoms with Crippen LogP contribution in [0.3, 0.4) is 0 Å². The molecule has 1 heterocycles. The molecule has 36 heavy (non-hydrogen) atoms. The lowest BCUT2D eigenvalue weighted by Gasteiger charge is -2.31. The molecule has 0 aliphatic rings. The normalized spacial score (nSPS) is 12.8. The van der Waals surface area contributed by atoms with Crippen molar-refractivity contribution < 1.29 is 19.4 Å². The van der Waals surface area contributed by atoms with Crippen LogP contribution in [0.1, 0.15) is 38.8 Å². The smallest absolute Gasteiger partial charge is 0.318 e. The minimum atomic E-state index is -1.02. The molecule has 9 heteroatoms. The third kappa shape index (κ3) is 6.36. The van der Waals surface area contributed by atoms with Crippen LogP contribution in [0.15, 0.2) is 54.7 Å². The SMILES string of the molecule is CC(C)(C)OC(=O)C(C)(CN)c1ccc(-c2nc(Nc3cccc(OCCO)c3)ncc2C#N)cc1. The maximum absolute atomic E-state index is 12.9. The van der Waals surface area contributed by atoms with E-state index in [-0.39, 0.29) is 19.8 Å². The largest absolute Gasteiger partial charge is 0.491 e. The molecule has 9 nitrogen and oxygen atoms in total. The maximum atomic E-state index is 12.9. The van der Waals surface area contributed by atoms with Crippen LogP contribution in [0, 0.1) is 11.3 Å². The number of ether oxygens (including phenoxy) is 2. The first-order valence-electron chi connectivity index (χ1n) is 11.5. The van der Waals surface area contributed by atoms with E-state index in [1.165, 1.54) is 6.20 Å². The van der Waals surface area contributed by atoms with Gasteiger partial charge in [0, 0.05) is 23.9 Å². The summed E-state index contributed by atoms with van der Waals surface area (Å²) in [7, 11) is 0. The summed E-state index contributed by atoms with van der Waals surface area (Å²) < 4.78 is 11.0. The van der Waals surface area contributed by atoms with Gasteiger partial charge in [0.15, 0.2) is 0 Å². The molecular formula is C27H31N5O4. The van der Waals surface area contributed by atoms with Crippen molar-refractivity contribution >= 4 is 17.6 Å². The average molecular weight is 490 g/mol. The van der Waals surface area contributed by atoms with Gasteiger partial charge in [0.2, 0.25) is 5.95 Å². The second kappa shape index (κ2) is 11.2. The Morgan fingerprint density at radius 2 is 1.89 bits per heavy atom. The van der Waals surface area contributed by atoms with Gasteiger partial charge in [-0.2, -0.15) is 5.26 Å². The van der Waals surface area contributed by atoms with Crippen molar-refractivity contribution in [1.82, 2.24) is 9.97 Å². The number of aliphatic hydroxyl groups excluding tert-OH is 1. The molecule has 0 saturated carbocycles. The number of nitrogens with two attached hydrogens (primary N) is 1. The Labute approximate surface area is 210 Å². The van der Waals surface area contributed by atoms with Gasteiger partial charge in [0.05, 0.1) is 24.1 Å². The molecule has 4 N–H and O–H groups in total. The van der Waals surface area contributed by atoms with E-state index in [0.717, 1.165) is 0 Å². The van der Waals surface area contributed by atoms with Gasteiger partial charge < -0.3 is 25.6 Å². The van der Waals surface area contributed by atoms with Crippen LogP contribution in [0.5, 0.6) is 5.75 Å².